The van der Waals surface area contributed by atoms with Crippen molar-refractivity contribution in [3.8, 4) is 11.3 Å². The zero-order valence-corrected chi connectivity index (χ0v) is 20.5. The lowest BCUT2D eigenvalue weighted by Gasteiger charge is -2.02. The molecule has 0 atom stereocenters. The molecular formula is C21H17N5O6S3. The molecule has 4 aromatic rings. The zero-order valence-electron chi connectivity index (χ0n) is 18.1. The van der Waals surface area contributed by atoms with Gasteiger partial charge in [-0.25, -0.2) is 13.4 Å². The fourth-order valence-electron chi connectivity index (χ4n) is 3.15. The van der Waals surface area contributed by atoms with E-state index in [1.165, 1.54) is 22.8 Å². The van der Waals surface area contributed by atoms with Gasteiger partial charge in [-0.2, -0.15) is 4.99 Å². The molecule has 0 aliphatic carbocycles. The largest absolute Gasteiger partial charge is 0.319 e. The second-order valence-corrected chi connectivity index (χ2v) is 11.3. The summed E-state index contributed by atoms with van der Waals surface area (Å²) in [5, 5.41) is 15.4. The van der Waals surface area contributed by atoms with Crippen molar-refractivity contribution in [3.05, 3.63) is 68.8 Å². The summed E-state index contributed by atoms with van der Waals surface area (Å²) in [4.78, 5) is 43.3. The van der Waals surface area contributed by atoms with E-state index in [9.17, 15) is 28.1 Å². The fourth-order valence-corrected chi connectivity index (χ4v) is 5.97. The van der Waals surface area contributed by atoms with Gasteiger partial charge in [0.2, 0.25) is 5.91 Å². The smallest absolute Gasteiger partial charge is 0.270 e. The lowest BCUT2D eigenvalue weighted by molar-refractivity contribution is -0.384. The number of nitrogens with zero attached hydrogens (tertiary/aromatic N) is 4. The van der Waals surface area contributed by atoms with E-state index in [4.69, 9.17) is 0 Å². The number of anilines is 1. The van der Waals surface area contributed by atoms with Gasteiger partial charge in [-0.05, 0) is 6.07 Å². The highest BCUT2D eigenvalue weighted by Crippen LogP contribution is 2.25. The van der Waals surface area contributed by atoms with Crippen molar-refractivity contribution in [3.63, 3.8) is 0 Å². The summed E-state index contributed by atoms with van der Waals surface area (Å²) in [5.74, 6) is -3.62. The second-order valence-electron chi connectivity index (χ2n) is 7.34. The summed E-state index contributed by atoms with van der Waals surface area (Å²) in [6.45, 7) is 0. The number of nitro groups is 1. The number of aromatic nitrogens is 2. The minimum absolute atomic E-state index is 0.109. The van der Waals surface area contributed by atoms with Gasteiger partial charge in [0.1, 0.15) is 11.5 Å². The quantitative estimate of drug-likeness (QED) is 0.284. The number of benzene rings is 2. The molecule has 0 aliphatic rings. The van der Waals surface area contributed by atoms with Crippen LogP contribution in [0.4, 0.5) is 10.8 Å². The Morgan fingerprint density at radius 1 is 1.17 bits per heavy atom. The van der Waals surface area contributed by atoms with Crippen molar-refractivity contribution in [1.82, 2.24) is 9.55 Å². The molecular weight excluding hydrogens is 514 g/mol. The summed E-state index contributed by atoms with van der Waals surface area (Å²) >= 11 is 2.17. The predicted molar refractivity (Wildman–Crippen MR) is 133 cm³/mol. The number of aryl methyl sites for hydroxylation is 1. The molecule has 0 saturated heterocycles. The molecule has 0 unspecified atom stereocenters. The van der Waals surface area contributed by atoms with Crippen molar-refractivity contribution in [2.75, 3.05) is 16.8 Å². The van der Waals surface area contributed by atoms with Crippen molar-refractivity contribution in [2.24, 2.45) is 12.0 Å². The van der Waals surface area contributed by atoms with E-state index in [0.29, 0.717) is 15.9 Å². The van der Waals surface area contributed by atoms with E-state index in [1.54, 1.807) is 12.4 Å². The molecule has 0 saturated carbocycles. The predicted octanol–water partition coefficient (Wildman–Crippen LogP) is 2.75. The van der Waals surface area contributed by atoms with Gasteiger partial charge in [0.15, 0.2) is 19.8 Å². The molecule has 0 bridgehead atoms. The standard InChI is InChI=1S/C21H17N5O6S3/c1-25-16-8-7-14(26(29)30)9-17(16)34-21(25)24-19(28)12-35(31,32)11-18(27)23-20-22-15(10-33-20)13-5-3-2-4-6-13/h2-10H,11-12H2,1H3,(H,22,23,27). The average molecular weight is 532 g/mol. The molecule has 4 rings (SSSR count). The number of non-ortho nitro benzene ring substituents is 1. The van der Waals surface area contributed by atoms with E-state index < -0.39 is 38.1 Å². The van der Waals surface area contributed by atoms with Crippen molar-refractivity contribution in [1.29, 1.82) is 0 Å². The number of nitrogens with one attached hydrogen (secondary N) is 1. The number of carbonyl (C=O) groups is 2. The van der Waals surface area contributed by atoms with Crippen LogP contribution >= 0.6 is 22.7 Å². The highest BCUT2D eigenvalue weighted by Gasteiger charge is 2.22. The summed E-state index contributed by atoms with van der Waals surface area (Å²) < 4.78 is 26.9. The Morgan fingerprint density at radius 2 is 1.91 bits per heavy atom. The molecule has 0 radical (unpaired) electrons. The van der Waals surface area contributed by atoms with Crippen molar-refractivity contribution in [2.45, 2.75) is 0 Å². The van der Waals surface area contributed by atoms with E-state index >= 15 is 0 Å². The van der Waals surface area contributed by atoms with E-state index in [1.807, 2.05) is 30.3 Å². The van der Waals surface area contributed by atoms with E-state index in [0.717, 1.165) is 28.2 Å². The number of rotatable bonds is 7. The topological polar surface area (TPSA) is 154 Å². The molecule has 2 aromatic carbocycles. The van der Waals surface area contributed by atoms with Crippen LogP contribution in [0.2, 0.25) is 0 Å². The van der Waals surface area contributed by atoms with Crippen LogP contribution in [0.5, 0.6) is 0 Å². The number of thiazole rings is 2. The Kier molecular flexibility index (Phi) is 6.86. The molecule has 2 amide bonds. The molecule has 0 fully saturated rings. The zero-order chi connectivity index (χ0) is 25.2. The Bertz CT molecular complexity index is 1620. The molecule has 2 heterocycles. The minimum Gasteiger partial charge on any atom is -0.319 e. The van der Waals surface area contributed by atoms with Gasteiger partial charge in [0, 0.05) is 30.1 Å². The van der Waals surface area contributed by atoms with Crippen LogP contribution in [0.25, 0.3) is 21.5 Å². The summed E-state index contributed by atoms with van der Waals surface area (Å²) in [5.41, 5.74) is 1.99. The normalized spacial score (nSPS) is 12.1. The number of carbonyl (C=O) groups excluding carboxylic acids is 2. The number of fused-ring (bicyclic) bond motifs is 1. The lowest BCUT2D eigenvalue weighted by Crippen LogP contribution is -2.28. The Balaban J connectivity index is 1.42. The first-order valence-electron chi connectivity index (χ1n) is 9.94. The van der Waals surface area contributed by atoms with E-state index in [-0.39, 0.29) is 15.6 Å². The van der Waals surface area contributed by atoms with Gasteiger partial charge in [0.05, 0.1) is 20.8 Å². The number of sulfone groups is 1. The maximum atomic E-state index is 12.4. The molecule has 1 N–H and O–H groups in total. The van der Waals surface area contributed by atoms with Gasteiger partial charge in [-0.15, -0.1) is 11.3 Å². The third-order valence-corrected chi connectivity index (χ3v) is 7.98. The SMILES string of the molecule is Cn1c(=NC(=O)CS(=O)(=O)CC(=O)Nc2nc(-c3ccccc3)cs2)sc2cc([N+](=O)[O-])ccc21. The van der Waals surface area contributed by atoms with Crippen LogP contribution in [-0.4, -0.2) is 46.2 Å². The highest BCUT2D eigenvalue weighted by molar-refractivity contribution is 7.92. The molecule has 35 heavy (non-hydrogen) atoms. The van der Waals surface area contributed by atoms with Crippen LogP contribution in [0, 0.1) is 10.1 Å². The van der Waals surface area contributed by atoms with Crippen molar-refractivity contribution < 1.29 is 22.9 Å². The summed E-state index contributed by atoms with van der Waals surface area (Å²) in [7, 11) is -2.49. The monoisotopic (exact) mass is 531 g/mol. The third kappa shape index (κ3) is 5.85. The number of hydrogen-bond acceptors (Lipinski definition) is 9. The van der Waals surface area contributed by atoms with Gasteiger partial charge in [-0.1, -0.05) is 41.7 Å². The average Bonchev–Trinajstić information content (AvgIpc) is 3.37. The van der Waals surface area contributed by atoms with Crippen molar-refractivity contribution >= 4 is 65.4 Å². The Hall–Kier alpha value is -3.75. The highest BCUT2D eigenvalue weighted by atomic mass is 32.2. The molecule has 14 heteroatoms. The van der Waals surface area contributed by atoms with Gasteiger partial charge in [-0.3, -0.25) is 19.7 Å². The fraction of sp³-hybridized carbons (Fsp3) is 0.143. The van der Waals surface area contributed by atoms with E-state index in [2.05, 4.69) is 15.3 Å². The summed E-state index contributed by atoms with van der Waals surface area (Å²) in [6, 6.07) is 13.5. The molecule has 2 aromatic heterocycles. The first-order valence-corrected chi connectivity index (χ1v) is 13.5. The third-order valence-electron chi connectivity index (χ3n) is 4.74. The molecule has 0 spiro atoms. The van der Waals surface area contributed by atoms with Crippen LogP contribution in [0.3, 0.4) is 0 Å². The maximum Gasteiger partial charge on any atom is 0.270 e. The molecule has 180 valence electrons. The first-order chi connectivity index (χ1) is 16.6. The Labute approximate surface area is 206 Å². The lowest BCUT2D eigenvalue weighted by atomic mass is 10.2. The van der Waals surface area contributed by atoms with Crippen LogP contribution < -0.4 is 10.1 Å². The number of hydrogen-bond donors (Lipinski definition) is 1. The van der Waals surface area contributed by atoms with Crippen LogP contribution in [0.1, 0.15) is 0 Å². The Morgan fingerprint density at radius 3 is 2.63 bits per heavy atom. The molecule has 11 nitrogen and oxygen atoms in total. The second kappa shape index (κ2) is 9.85. The minimum atomic E-state index is -4.10. The first kappa shape index (κ1) is 24.4. The maximum absolute atomic E-state index is 12.4. The van der Waals surface area contributed by atoms with Crippen LogP contribution in [-0.2, 0) is 26.5 Å². The van der Waals surface area contributed by atoms with Gasteiger partial charge < -0.3 is 9.88 Å². The van der Waals surface area contributed by atoms with Gasteiger partial charge >= 0.3 is 0 Å². The van der Waals surface area contributed by atoms with Crippen LogP contribution in [0.15, 0.2) is 58.9 Å². The summed E-state index contributed by atoms with van der Waals surface area (Å²) in [6.07, 6.45) is 0. The number of amides is 2. The van der Waals surface area contributed by atoms with Gasteiger partial charge in [0.25, 0.3) is 11.6 Å². The number of nitro benzene ring substituents is 1. The molecule has 0 aliphatic heterocycles.